The van der Waals surface area contributed by atoms with Crippen LogP contribution in [0.4, 0.5) is 10.5 Å². The highest BCUT2D eigenvalue weighted by Crippen LogP contribution is 2.22. The Bertz CT molecular complexity index is 859. The van der Waals surface area contributed by atoms with Gasteiger partial charge in [-0.05, 0) is 25.0 Å². The molecule has 1 saturated heterocycles. The van der Waals surface area contributed by atoms with Crippen LogP contribution in [0.2, 0.25) is 0 Å². The summed E-state index contributed by atoms with van der Waals surface area (Å²) in [7, 11) is 5.08. The van der Waals surface area contributed by atoms with Crippen LogP contribution in [0.3, 0.4) is 0 Å². The SMILES string of the molecule is CN(C)C(=O)N1CCC(C(=O)Nc2ccc3c(c2)oc(=O)n3C)CC1. The molecule has 8 nitrogen and oxygen atoms in total. The Morgan fingerprint density at radius 1 is 1.24 bits per heavy atom. The van der Waals surface area contributed by atoms with Gasteiger partial charge in [-0.3, -0.25) is 9.36 Å². The van der Waals surface area contributed by atoms with Crippen LogP contribution < -0.4 is 11.1 Å². The van der Waals surface area contributed by atoms with Gasteiger partial charge in [0.1, 0.15) is 0 Å². The first-order valence-corrected chi connectivity index (χ1v) is 8.23. The van der Waals surface area contributed by atoms with Crippen molar-refractivity contribution in [2.24, 2.45) is 13.0 Å². The number of rotatable bonds is 2. The summed E-state index contributed by atoms with van der Waals surface area (Å²) < 4.78 is 6.55. The molecule has 0 spiro atoms. The molecule has 134 valence electrons. The first-order valence-electron chi connectivity index (χ1n) is 8.23. The van der Waals surface area contributed by atoms with Gasteiger partial charge in [0, 0.05) is 51.9 Å². The van der Waals surface area contributed by atoms with Crippen LogP contribution in [-0.2, 0) is 11.8 Å². The first kappa shape index (κ1) is 17.1. The summed E-state index contributed by atoms with van der Waals surface area (Å²) >= 11 is 0. The summed E-state index contributed by atoms with van der Waals surface area (Å²) in [5.41, 5.74) is 1.72. The van der Waals surface area contributed by atoms with Gasteiger partial charge in [0.2, 0.25) is 5.91 Å². The van der Waals surface area contributed by atoms with Gasteiger partial charge < -0.3 is 19.5 Å². The molecule has 8 heteroatoms. The Balaban J connectivity index is 1.63. The molecular formula is C17H22N4O4. The van der Waals surface area contributed by atoms with Crippen LogP contribution >= 0.6 is 0 Å². The number of amides is 3. The summed E-state index contributed by atoms with van der Waals surface area (Å²) in [4.78, 5) is 39.2. The minimum absolute atomic E-state index is 0.0246. The predicted molar refractivity (Wildman–Crippen MR) is 93.5 cm³/mol. The first-order chi connectivity index (χ1) is 11.9. The van der Waals surface area contributed by atoms with Gasteiger partial charge in [0.25, 0.3) is 0 Å². The molecule has 0 atom stereocenters. The molecular weight excluding hydrogens is 324 g/mol. The average molecular weight is 346 g/mol. The zero-order valence-corrected chi connectivity index (χ0v) is 14.6. The molecule has 3 rings (SSSR count). The molecule has 2 aromatic rings. The van der Waals surface area contributed by atoms with Gasteiger partial charge in [0.15, 0.2) is 5.58 Å². The van der Waals surface area contributed by atoms with E-state index in [0.717, 1.165) is 0 Å². The lowest BCUT2D eigenvalue weighted by Crippen LogP contribution is -2.45. The van der Waals surface area contributed by atoms with Gasteiger partial charge in [-0.1, -0.05) is 0 Å². The van der Waals surface area contributed by atoms with E-state index in [1.165, 1.54) is 4.57 Å². The zero-order chi connectivity index (χ0) is 18.1. The van der Waals surface area contributed by atoms with Crippen molar-refractivity contribution in [3.8, 4) is 0 Å². The fourth-order valence-corrected chi connectivity index (χ4v) is 3.07. The number of nitrogens with zero attached hydrogens (tertiary/aromatic N) is 3. The number of aryl methyl sites for hydroxylation is 1. The smallest absolute Gasteiger partial charge is 0.408 e. The summed E-state index contributed by atoms with van der Waals surface area (Å²) in [5, 5.41) is 2.88. The maximum absolute atomic E-state index is 12.5. The molecule has 0 saturated carbocycles. The topological polar surface area (TPSA) is 87.8 Å². The maximum atomic E-state index is 12.5. The van der Waals surface area contributed by atoms with E-state index in [2.05, 4.69) is 5.32 Å². The molecule has 0 unspecified atom stereocenters. The predicted octanol–water partition coefficient (Wildman–Crippen LogP) is 1.46. The van der Waals surface area contributed by atoms with Crippen LogP contribution in [0, 0.1) is 5.92 Å². The third-order valence-corrected chi connectivity index (χ3v) is 4.58. The van der Waals surface area contributed by atoms with Crippen LogP contribution in [-0.4, -0.2) is 53.5 Å². The van der Waals surface area contributed by atoms with E-state index < -0.39 is 5.76 Å². The molecule has 1 fully saturated rings. The van der Waals surface area contributed by atoms with E-state index in [0.29, 0.717) is 42.7 Å². The summed E-state index contributed by atoms with van der Waals surface area (Å²) in [5.74, 6) is -0.643. The number of carbonyl (C=O) groups excluding carboxylic acids is 2. The normalized spacial score (nSPS) is 15.4. The van der Waals surface area contributed by atoms with Crippen molar-refractivity contribution >= 4 is 28.7 Å². The number of carbonyl (C=O) groups is 2. The standard InChI is InChI=1S/C17H22N4O4/c1-19(2)16(23)21-8-6-11(7-9-21)15(22)18-12-4-5-13-14(10-12)25-17(24)20(13)3/h4-5,10-11H,6-9H2,1-3H3,(H,18,22). The number of hydrogen-bond acceptors (Lipinski definition) is 4. The lowest BCUT2D eigenvalue weighted by atomic mass is 9.96. The molecule has 0 bridgehead atoms. The van der Waals surface area contributed by atoms with Crippen molar-refractivity contribution in [1.82, 2.24) is 14.4 Å². The van der Waals surface area contributed by atoms with Crippen molar-refractivity contribution in [1.29, 1.82) is 0 Å². The molecule has 0 aliphatic carbocycles. The number of benzene rings is 1. The molecule has 0 radical (unpaired) electrons. The second-order valence-corrected chi connectivity index (χ2v) is 6.54. The highest BCUT2D eigenvalue weighted by molar-refractivity contribution is 5.94. The lowest BCUT2D eigenvalue weighted by molar-refractivity contribution is -0.121. The zero-order valence-electron chi connectivity index (χ0n) is 14.6. The van der Waals surface area contributed by atoms with Crippen molar-refractivity contribution in [2.75, 3.05) is 32.5 Å². The Morgan fingerprint density at radius 3 is 2.56 bits per heavy atom. The highest BCUT2D eigenvalue weighted by atomic mass is 16.4. The average Bonchev–Trinajstić information content (AvgIpc) is 2.88. The Labute approximate surface area is 145 Å². The fourth-order valence-electron chi connectivity index (χ4n) is 3.07. The summed E-state index contributed by atoms with van der Waals surface area (Å²) in [6.45, 7) is 1.14. The summed E-state index contributed by atoms with van der Waals surface area (Å²) in [6, 6.07) is 5.12. The minimum Gasteiger partial charge on any atom is -0.408 e. The number of hydrogen-bond donors (Lipinski definition) is 1. The molecule has 2 heterocycles. The number of anilines is 1. The van der Waals surface area contributed by atoms with Crippen LogP contribution in [0.1, 0.15) is 12.8 Å². The van der Waals surface area contributed by atoms with E-state index >= 15 is 0 Å². The van der Waals surface area contributed by atoms with E-state index in [1.807, 2.05) is 0 Å². The van der Waals surface area contributed by atoms with Gasteiger partial charge in [0.05, 0.1) is 5.52 Å². The molecule has 3 amide bonds. The van der Waals surface area contributed by atoms with E-state index in [1.54, 1.807) is 49.1 Å². The third-order valence-electron chi connectivity index (χ3n) is 4.58. The number of piperidine rings is 1. The number of urea groups is 1. The van der Waals surface area contributed by atoms with Gasteiger partial charge in [-0.2, -0.15) is 0 Å². The number of nitrogens with one attached hydrogen (secondary N) is 1. The van der Waals surface area contributed by atoms with Crippen molar-refractivity contribution < 1.29 is 14.0 Å². The Kier molecular flexibility index (Phi) is 4.52. The van der Waals surface area contributed by atoms with Crippen LogP contribution in [0.25, 0.3) is 11.1 Å². The lowest BCUT2D eigenvalue weighted by Gasteiger charge is -2.33. The maximum Gasteiger partial charge on any atom is 0.419 e. The third kappa shape index (κ3) is 3.38. The van der Waals surface area contributed by atoms with Crippen LogP contribution in [0.15, 0.2) is 27.4 Å². The molecule has 25 heavy (non-hydrogen) atoms. The monoisotopic (exact) mass is 346 g/mol. The number of fused-ring (bicyclic) bond motifs is 1. The highest BCUT2D eigenvalue weighted by Gasteiger charge is 2.28. The molecule has 1 aromatic heterocycles. The molecule has 1 aliphatic rings. The second-order valence-electron chi connectivity index (χ2n) is 6.54. The largest absolute Gasteiger partial charge is 0.419 e. The molecule has 1 aliphatic heterocycles. The fraction of sp³-hybridized carbons (Fsp3) is 0.471. The van der Waals surface area contributed by atoms with Gasteiger partial charge in [-0.25, -0.2) is 9.59 Å². The quantitative estimate of drug-likeness (QED) is 0.892. The van der Waals surface area contributed by atoms with Crippen molar-refractivity contribution in [3.63, 3.8) is 0 Å². The Hall–Kier alpha value is -2.77. The second kappa shape index (κ2) is 6.62. The van der Waals surface area contributed by atoms with Crippen molar-refractivity contribution in [2.45, 2.75) is 12.8 Å². The Morgan fingerprint density at radius 2 is 1.92 bits per heavy atom. The number of aromatic nitrogens is 1. The minimum atomic E-state index is -0.434. The van der Waals surface area contributed by atoms with Crippen molar-refractivity contribution in [3.05, 3.63) is 28.7 Å². The number of likely N-dealkylation sites (tertiary alicyclic amines) is 1. The van der Waals surface area contributed by atoms with Gasteiger partial charge >= 0.3 is 11.8 Å². The van der Waals surface area contributed by atoms with Crippen LogP contribution in [0.5, 0.6) is 0 Å². The molecule has 1 aromatic carbocycles. The molecule has 1 N–H and O–H groups in total. The van der Waals surface area contributed by atoms with E-state index in [9.17, 15) is 14.4 Å². The van der Waals surface area contributed by atoms with Gasteiger partial charge in [-0.15, -0.1) is 0 Å². The van der Waals surface area contributed by atoms with E-state index in [4.69, 9.17) is 4.42 Å². The van der Waals surface area contributed by atoms with E-state index in [-0.39, 0.29) is 17.9 Å². The summed E-state index contributed by atoms with van der Waals surface area (Å²) in [6.07, 6.45) is 1.27. The number of oxazole rings is 1.